The predicted molar refractivity (Wildman–Crippen MR) is 69.4 cm³/mol. The fraction of sp³-hybridized carbons (Fsp3) is 0.385. The molecule has 3 heteroatoms. The summed E-state index contributed by atoms with van der Waals surface area (Å²) in [4.78, 5) is 2.39. The molecular formula is C13H19N3. The molecule has 1 aromatic carbocycles. The summed E-state index contributed by atoms with van der Waals surface area (Å²) in [6.45, 7) is 6.22. The SMILES string of the molecule is C/C=C(\N)c1cccc(N2CCNCC2)c1. The van der Waals surface area contributed by atoms with Gasteiger partial charge in [-0.15, -0.1) is 0 Å². The Morgan fingerprint density at radius 2 is 2.12 bits per heavy atom. The molecule has 86 valence electrons. The molecule has 1 aliphatic heterocycles. The second kappa shape index (κ2) is 5.03. The zero-order valence-corrected chi connectivity index (χ0v) is 9.74. The molecule has 0 amide bonds. The van der Waals surface area contributed by atoms with Gasteiger partial charge in [-0.05, 0) is 24.6 Å². The quantitative estimate of drug-likeness (QED) is 0.787. The van der Waals surface area contributed by atoms with E-state index >= 15 is 0 Å². The number of hydrogen-bond acceptors (Lipinski definition) is 3. The van der Waals surface area contributed by atoms with Gasteiger partial charge in [-0.3, -0.25) is 0 Å². The molecule has 0 radical (unpaired) electrons. The van der Waals surface area contributed by atoms with Crippen LogP contribution in [0.2, 0.25) is 0 Å². The van der Waals surface area contributed by atoms with Gasteiger partial charge in [0.05, 0.1) is 0 Å². The first kappa shape index (κ1) is 11.0. The van der Waals surface area contributed by atoms with Crippen molar-refractivity contribution in [2.45, 2.75) is 6.92 Å². The van der Waals surface area contributed by atoms with Gasteiger partial charge in [-0.2, -0.15) is 0 Å². The highest BCUT2D eigenvalue weighted by molar-refractivity contribution is 5.66. The molecule has 1 saturated heterocycles. The van der Waals surface area contributed by atoms with E-state index in [2.05, 4.69) is 34.5 Å². The van der Waals surface area contributed by atoms with Gasteiger partial charge in [0.25, 0.3) is 0 Å². The average Bonchev–Trinajstić information content (AvgIpc) is 2.39. The van der Waals surface area contributed by atoms with E-state index in [0.717, 1.165) is 37.4 Å². The normalized spacial score (nSPS) is 17.6. The molecule has 0 aromatic heterocycles. The Morgan fingerprint density at radius 3 is 2.81 bits per heavy atom. The Hall–Kier alpha value is -1.48. The van der Waals surface area contributed by atoms with Crippen LogP contribution in [0.15, 0.2) is 30.3 Å². The lowest BCUT2D eigenvalue weighted by atomic mass is 10.1. The fourth-order valence-electron chi connectivity index (χ4n) is 1.97. The van der Waals surface area contributed by atoms with Gasteiger partial charge in [0.15, 0.2) is 0 Å². The Balaban J connectivity index is 2.21. The van der Waals surface area contributed by atoms with Crippen molar-refractivity contribution in [3.8, 4) is 0 Å². The van der Waals surface area contributed by atoms with Crippen molar-refractivity contribution in [1.82, 2.24) is 5.32 Å². The molecule has 0 aliphatic carbocycles. The van der Waals surface area contributed by atoms with Gasteiger partial charge in [0.2, 0.25) is 0 Å². The van der Waals surface area contributed by atoms with Gasteiger partial charge in [-0.25, -0.2) is 0 Å². The maximum Gasteiger partial charge on any atom is 0.0373 e. The third-order valence-corrected chi connectivity index (χ3v) is 2.97. The van der Waals surface area contributed by atoms with Crippen LogP contribution in [-0.4, -0.2) is 26.2 Å². The van der Waals surface area contributed by atoms with Gasteiger partial charge in [-0.1, -0.05) is 18.2 Å². The number of nitrogens with one attached hydrogen (secondary N) is 1. The first-order valence-corrected chi connectivity index (χ1v) is 5.79. The number of benzene rings is 1. The highest BCUT2D eigenvalue weighted by Gasteiger charge is 2.10. The molecule has 1 aromatic rings. The van der Waals surface area contributed by atoms with Crippen LogP contribution in [0, 0.1) is 0 Å². The minimum Gasteiger partial charge on any atom is -0.399 e. The molecule has 1 fully saturated rings. The van der Waals surface area contributed by atoms with Crippen molar-refractivity contribution < 1.29 is 0 Å². The van der Waals surface area contributed by atoms with E-state index in [0.29, 0.717) is 0 Å². The molecule has 0 unspecified atom stereocenters. The maximum atomic E-state index is 5.92. The number of piperazine rings is 1. The maximum absolute atomic E-state index is 5.92. The molecule has 1 aliphatic rings. The summed E-state index contributed by atoms with van der Waals surface area (Å²) in [5, 5.41) is 3.36. The van der Waals surface area contributed by atoms with Gasteiger partial charge in [0.1, 0.15) is 0 Å². The van der Waals surface area contributed by atoms with Crippen LogP contribution in [0.5, 0.6) is 0 Å². The average molecular weight is 217 g/mol. The lowest BCUT2D eigenvalue weighted by Crippen LogP contribution is -2.43. The van der Waals surface area contributed by atoms with E-state index in [4.69, 9.17) is 5.73 Å². The number of nitrogens with two attached hydrogens (primary N) is 1. The summed E-state index contributed by atoms with van der Waals surface area (Å²) < 4.78 is 0. The van der Waals surface area contributed by atoms with Gasteiger partial charge in [0, 0.05) is 37.6 Å². The summed E-state index contributed by atoms with van der Waals surface area (Å²) in [7, 11) is 0. The van der Waals surface area contributed by atoms with Gasteiger partial charge >= 0.3 is 0 Å². The summed E-state index contributed by atoms with van der Waals surface area (Å²) >= 11 is 0. The highest BCUT2D eigenvalue weighted by atomic mass is 15.2. The molecule has 0 bridgehead atoms. The van der Waals surface area contributed by atoms with Crippen LogP contribution in [0.4, 0.5) is 5.69 Å². The van der Waals surface area contributed by atoms with Crippen molar-refractivity contribution in [2.75, 3.05) is 31.1 Å². The van der Waals surface area contributed by atoms with E-state index in [-0.39, 0.29) is 0 Å². The number of nitrogens with zero attached hydrogens (tertiary/aromatic N) is 1. The van der Waals surface area contributed by atoms with Crippen LogP contribution in [0.1, 0.15) is 12.5 Å². The summed E-state index contributed by atoms with van der Waals surface area (Å²) in [6, 6.07) is 8.45. The van der Waals surface area contributed by atoms with Crippen LogP contribution in [-0.2, 0) is 0 Å². The third-order valence-electron chi connectivity index (χ3n) is 2.97. The van der Waals surface area contributed by atoms with E-state index in [1.165, 1.54) is 5.69 Å². The minimum atomic E-state index is 0.844. The smallest absolute Gasteiger partial charge is 0.0373 e. The van der Waals surface area contributed by atoms with Crippen LogP contribution < -0.4 is 16.0 Å². The Bertz CT molecular complexity index is 379. The monoisotopic (exact) mass is 217 g/mol. The first-order chi connectivity index (χ1) is 7.81. The van der Waals surface area contributed by atoms with Crippen LogP contribution >= 0.6 is 0 Å². The van der Waals surface area contributed by atoms with E-state index in [1.807, 2.05) is 13.0 Å². The molecule has 3 N–H and O–H groups in total. The molecule has 0 atom stereocenters. The minimum absolute atomic E-state index is 0.844. The standard InChI is InChI=1S/C13H19N3/c1-2-13(14)11-4-3-5-12(10-11)16-8-6-15-7-9-16/h2-5,10,15H,6-9,14H2,1H3/b13-2-. The number of anilines is 1. The Kier molecular flexibility index (Phi) is 3.47. The zero-order valence-electron chi connectivity index (χ0n) is 9.74. The van der Waals surface area contributed by atoms with Crippen molar-refractivity contribution >= 4 is 11.4 Å². The van der Waals surface area contributed by atoms with E-state index in [9.17, 15) is 0 Å². The molecule has 3 nitrogen and oxygen atoms in total. The fourth-order valence-corrected chi connectivity index (χ4v) is 1.97. The number of allylic oxidation sites excluding steroid dienone is 1. The molecular weight excluding hydrogens is 198 g/mol. The van der Waals surface area contributed by atoms with Crippen LogP contribution in [0.3, 0.4) is 0 Å². The largest absolute Gasteiger partial charge is 0.399 e. The van der Waals surface area contributed by atoms with Crippen molar-refractivity contribution in [1.29, 1.82) is 0 Å². The Labute approximate surface area is 96.9 Å². The van der Waals surface area contributed by atoms with E-state index < -0.39 is 0 Å². The molecule has 16 heavy (non-hydrogen) atoms. The highest BCUT2D eigenvalue weighted by Crippen LogP contribution is 2.19. The van der Waals surface area contributed by atoms with Crippen molar-refractivity contribution in [2.24, 2.45) is 5.73 Å². The lowest BCUT2D eigenvalue weighted by molar-refractivity contribution is 0.589. The summed E-state index contributed by atoms with van der Waals surface area (Å²) in [5.41, 5.74) is 9.14. The van der Waals surface area contributed by atoms with E-state index in [1.54, 1.807) is 0 Å². The molecule has 2 rings (SSSR count). The van der Waals surface area contributed by atoms with Crippen LogP contribution in [0.25, 0.3) is 5.70 Å². The van der Waals surface area contributed by atoms with Crippen molar-refractivity contribution in [3.63, 3.8) is 0 Å². The third kappa shape index (κ3) is 2.36. The lowest BCUT2D eigenvalue weighted by Gasteiger charge is -2.29. The summed E-state index contributed by atoms with van der Waals surface area (Å²) in [6.07, 6.45) is 1.94. The molecule has 0 saturated carbocycles. The topological polar surface area (TPSA) is 41.3 Å². The zero-order chi connectivity index (χ0) is 11.4. The number of hydrogen-bond donors (Lipinski definition) is 2. The van der Waals surface area contributed by atoms with Gasteiger partial charge < -0.3 is 16.0 Å². The second-order valence-corrected chi connectivity index (χ2v) is 4.03. The summed E-state index contributed by atoms with van der Waals surface area (Å²) in [5.74, 6) is 0. The second-order valence-electron chi connectivity index (χ2n) is 4.03. The van der Waals surface area contributed by atoms with Crippen molar-refractivity contribution in [3.05, 3.63) is 35.9 Å². The number of rotatable bonds is 2. The predicted octanol–water partition coefficient (Wildman–Crippen LogP) is 1.42. The Morgan fingerprint density at radius 1 is 1.38 bits per heavy atom. The molecule has 0 spiro atoms. The first-order valence-electron chi connectivity index (χ1n) is 5.79. The molecule has 1 heterocycles.